The van der Waals surface area contributed by atoms with E-state index in [1.165, 1.54) is 10.9 Å². The van der Waals surface area contributed by atoms with Crippen molar-refractivity contribution in [2.75, 3.05) is 5.32 Å². The van der Waals surface area contributed by atoms with Gasteiger partial charge in [0.2, 0.25) is 5.91 Å². The summed E-state index contributed by atoms with van der Waals surface area (Å²) in [6.07, 6.45) is 0. The Morgan fingerprint density at radius 1 is 0.909 bits per heavy atom. The molecule has 0 aliphatic heterocycles. The fourth-order valence-corrected chi connectivity index (χ4v) is 4.10. The monoisotopic (exact) mass is 435 g/mol. The molecule has 164 valence electrons. The Balaban J connectivity index is 1.39. The Hall–Kier alpha value is -4.12. The average Bonchev–Trinajstić information content (AvgIpc) is 3.16. The maximum absolute atomic E-state index is 12.9. The minimum absolute atomic E-state index is 0.0999. The number of benzene rings is 4. The van der Waals surface area contributed by atoms with Gasteiger partial charge in [-0.05, 0) is 60.5 Å². The Kier molecular flexibility index (Phi) is 5.53. The van der Waals surface area contributed by atoms with Crippen LogP contribution in [0.2, 0.25) is 0 Å². The minimum atomic E-state index is -0.0999. The van der Waals surface area contributed by atoms with Crippen LogP contribution in [0.4, 0.5) is 5.69 Å². The van der Waals surface area contributed by atoms with E-state index in [9.17, 15) is 4.79 Å². The standard InChI is InChI=1S/C28H25N3O2/c1-19-11-14-24(20(2)15-19)30-28(32)17-31-26-10-6-5-9-25(26)29-27(31)18-33-23-13-12-21-7-3-4-8-22(21)16-23/h3-16H,17-18H2,1-2H3,(H,30,32). The number of carbonyl (C=O) groups excluding carboxylic acids is 1. The smallest absolute Gasteiger partial charge is 0.244 e. The molecule has 4 aromatic carbocycles. The molecule has 5 rings (SSSR count). The van der Waals surface area contributed by atoms with E-state index in [0.29, 0.717) is 5.82 Å². The van der Waals surface area contributed by atoms with Gasteiger partial charge >= 0.3 is 0 Å². The van der Waals surface area contributed by atoms with Gasteiger partial charge in [-0.2, -0.15) is 0 Å². The number of para-hydroxylation sites is 2. The zero-order chi connectivity index (χ0) is 22.8. The first-order valence-corrected chi connectivity index (χ1v) is 11.0. The van der Waals surface area contributed by atoms with Gasteiger partial charge in [0.15, 0.2) is 0 Å². The lowest BCUT2D eigenvalue weighted by atomic mass is 10.1. The summed E-state index contributed by atoms with van der Waals surface area (Å²) in [6.45, 7) is 4.46. The molecule has 0 radical (unpaired) electrons. The largest absolute Gasteiger partial charge is 0.486 e. The summed E-state index contributed by atoms with van der Waals surface area (Å²) >= 11 is 0. The highest BCUT2D eigenvalue weighted by atomic mass is 16.5. The van der Waals surface area contributed by atoms with Crippen LogP contribution < -0.4 is 10.1 Å². The molecule has 0 saturated carbocycles. The SMILES string of the molecule is Cc1ccc(NC(=O)Cn2c(COc3ccc4ccccc4c3)nc3ccccc32)c(C)c1. The number of anilines is 1. The summed E-state index contributed by atoms with van der Waals surface area (Å²) in [5.74, 6) is 1.38. The highest BCUT2D eigenvalue weighted by Gasteiger charge is 2.15. The molecule has 0 atom stereocenters. The molecule has 0 aliphatic rings. The third kappa shape index (κ3) is 4.44. The first kappa shape index (κ1) is 20.8. The van der Waals surface area contributed by atoms with E-state index < -0.39 is 0 Å². The maximum atomic E-state index is 12.9. The summed E-state index contributed by atoms with van der Waals surface area (Å²) in [7, 11) is 0. The van der Waals surface area contributed by atoms with Crippen LogP contribution in [-0.4, -0.2) is 15.5 Å². The van der Waals surface area contributed by atoms with Gasteiger partial charge in [-0.15, -0.1) is 0 Å². The molecule has 5 heteroatoms. The number of aryl methyl sites for hydroxylation is 2. The van der Waals surface area contributed by atoms with Gasteiger partial charge < -0.3 is 14.6 Å². The van der Waals surface area contributed by atoms with Crippen LogP contribution in [0.3, 0.4) is 0 Å². The molecule has 0 bridgehead atoms. The predicted octanol–water partition coefficient (Wildman–Crippen LogP) is 6.02. The summed E-state index contributed by atoms with van der Waals surface area (Å²) in [5.41, 5.74) is 4.78. The molecule has 1 N–H and O–H groups in total. The van der Waals surface area contributed by atoms with Crippen LogP contribution in [0.15, 0.2) is 84.9 Å². The molecule has 0 unspecified atom stereocenters. The molecular weight excluding hydrogens is 410 g/mol. The van der Waals surface area contributed by atoms with Crippen molar-refractivity contribution in [3.8, 4) is 5.75 Å². The van der Waals surface area contributed by atoms with Crippen molar-refractivity contribution in [1.82, 2.24) is 9.55 Å². The van der Waals surface area contributed by atoms with Crippen LogP contribution in [0.25, 0.3) is 21.8 Å². The molecule has 0 spiro atoms. The second kappa shape index (κ2) is 8.79. The first-order chi connectivity index (χ1) is 16.1. The highest BCUT2D eigenvalue weighted by molar-refractivity contribution is 5.92. The third-order valence-corrected chi connectivity index (χ3v) is 5.78. The van der Waals surface area contributed by atoms with E-state index in [1.807, 2.05) is 85.1 Å². The van der Waals surface area contributed by atoms with Crippen molar-refractivity contribution in [1.29, 1.82) is 0 Å². The summed E-state index contributed by atoms with van der Waals surface area (Å²) in [5, 5.41) is 5.32. The van der Waals surface area contributed by atoms with E-state index in [1.54, 1.807) is 0 Å². The second-order valence-electron chi connectivity index (χ2n) is 8.27. The summed E-state index contributed by atoms with van der Waals surface area (Å²) < 4.78 is 8.01. The number of ether oxygens (including phenoxy) is 1. The maximum Gasteiger partial charge on any atom is 0.244 e. The van der Waals surface area contributed by atoms with Gasteiger partial charge in [-0.25, -0.2) is 4.98 Å². The first-order valence-electron chi connectivity index (χ1n) is 11.0. The molecule has 1 amide bonds. The number of fused-ring (bicyclic) bond motifs is 2. The van der Waals surface area contributed by atoms with E-state index in [-0.39, 0.29) is 19.1 Å². The number of amides is 1. The number of hydrogen-bond donors (Lipinski definition) is 1. The van der Waals surface area contributed by atoms with Gasteiger partial charge in [0.05, 0.1) is 11.0 Å². The van der Waals surface area contributed by atoms with Gasteiger partial charge in [-0.3, -0.25) is 4.79 Å². The Labute approximate surface area is 192 Å². The molecule has 5 aromatic rings. The molecule has 33 heavy (non-hydrogen) atoms. The van der Waals surface area contributed by atoms with Crippen molar-refractivity contribution in [3.05, 3.63) is 102 Å². The highest BCUT2D eigenvalue weighted by Crippen LogP contribution is 2.23. The van der Waals surface area contributed by atoms with Gasteiger partial charge in [0.1, 0.15) is 24.7 Å². The van der Waals surface area contributed by atoms with E-state index in [2.05, 4.69) is 23.5 Å². The van der Waals surface area contributed by atoms with Gasteiger partial charge in [0, 0.05) is 5.69 Å². The number of nitrogens with one attached hydrogen (secondary N) is 1. The lowest BCUT2D eigenvalue weighted by Gasteiger charge is -2.13. The Morgan fingerprint density at radius 2 is 1.70 bits per heavy atom. The lowest BCUT2D eigenvalue weighted by molar-refractivity contribution is -0.116. The molecule has 1 aromatic heterocycles. The van der Waals surface area contributed by atoms with Crippen LogP contribution in [-0.2, 0) is 17.9 Å². The quantitative estimate of drug-likeness (QED) is 0.355. The number of imidazole rings is 1. The van der Waals surface area contributed by atoms with Gasteiger partial charge in [-0.1, -0.05) is 60.2 Å². The van der Waals surface area contributed by atoms with Crippen molar-refractivity contribution in [2.24, 2.45) is 0 Å². The summed E-state index contributed by atoms with van der Waals surface area (Å²) in [6, 6.07) is 28.0. The van der Waals surface area contributed by atoms with Crippen molar-refractivity contribution < 1.29 is 9.53 Å². The van der Waals surface area contributed by atoms with Crippen LogP contribution in [0.1, 0.15) is 17.0 Å². The van der Waals surface area contributed by atoms with Crippen LogP contribution in [0.5, 0.6) is 5.75 Å². The third-order valence-electron chi connectivity index (χ3n) is 5.78. The van der Waals surface area contributed by atoms with E-state index in [4.69, 9.17) is 9.72 Å². The minimum Gasteiger partial charge on any atom is -0.486 e. The van der Waals surface area contributed by atoms with Crippen LogP contribution >= 0.6 is 0 Å². The van der Waals surface area contributed by atoms with E-state index in [0.717, 1.165) is 33.4 Å². The number of aromatic nitrogens is 2. The zero-order valence-corrected chi connectivity index (χ0v) is 18.7. The molecule has 1 heterocycles. The van der Waals surface area contributed by atoms with E-state index >= 15 is 0 Å². The van der Waals surface area contributed by atoms with Crippen molar-refractivity contribution >= 4 is 33.4 Å². The van der Waals surface area contributed by atoms with Crippen LogP contribution in [0, 0.1) is 13.8 Å². The zero-order valence-electron chi connectivity index (χ0n) is 18.7. The van der Waals surface area contributed by atoms with Gasteiger partial charge in [0.25, 0.3) is 0 Å². The molecule has 0 aliphatic carbocycles. The van der Waals surface area contributed by atoms with Crippen molar-refractivity contribution in [3.63, 3.8) is 0 Å². The van der Waals surface area contributed by atoms with Crippen molar-refractivity contribution in [2.45, 2.75) is 27.0 Å². The normalized spacial score (nSPS) is 11.1. The second-order valence-corrected chi connectivity index (χ2v) is 8.27. The number of carbonyl (C=O) groups is 1. The summed E-state index contributed by atoms with van der Waals surface area (Å²) in [4.78, 5) is 17.7. The average molecular weight is 436 g/mol. The lowest BCUT2D eigenvalue weighted by Crippen LogP contribution is -2.21. The molecular formula is C28H25N3O2. The Morgan fingerprint density at radius 3 is 2.55 bits per heavy atom. The molecule has 0 fully saturated rings. The fraction of sp³-hybridized carbons (Fsp3) is 0.143. The molecule has 0 saturated heterocycles. The number of hydrogen-bond acceptors (Lipinski definition) is 3. The molecule has 5 nitrogen and oxygen atoms in total. The fourth-order valence-electron chi connectivity index (χ4n) is 4.10. The Bertz CT molecular complexity index is 1470. The topological polar surface area (TPSA) is 56.2 Å². The predicted molar refractivity (Wildman–Crippen MR) is 133 cm³/mol. The number of nitrogens with zero attached hydrogens (tertiary/aromatic N) is 2. The number of rotatable bonds is 6.